The number of nitrogens with zero attached hydrogens (tertiary/aromatic N) is 4. The molecule has 2 aromatic rings. The second kappa shape index (κ2) is 6.16. The monoisotopic (exact) mass is 324 g/mol. The molecule has 1 fully saturated rings. The largest absolute Gasteiger partial charge is 0.366 e. The number of halogens is 2. The topological polar surface area (TPSA) is 32.3 Å². The summed E-state index contributed by atoms with van der Waals surface area (Å²) in [5, 5.41) is 0.919. The lowest BCUT2D eigenvalue weighted by molar-refractivity contribution is 0.570. The van der Waals surface area contributed by atoms with Crippen LogP contribution in [0.2, 0.25) is 0 Å². The van der Waals surface area contributed by atoms with Crippen LogP contribution in [0.5, 0.6) is 0 Å². The molecule has 0 spiro atoms. The van der Waals surface area contributed by atoms with Crippen LogP contribution < -0.4 is 9.80 Å². The molecule has 0 unspecified atom stereocenters. The van der Waals surface area contributed by atoms with Crippen molar-refractivity contribution < 1.29 is 8.78 Å². The minimum Gasteiger partial charge on any atom is -0.366 e. The molecule has 0 atom stereocenters. The first-order valence-corrected chi connectivity index (χ1v) is 8.10. The Balaban J connectivity index is 1.66. The van der Waals surface area contributed by atoms with Gasteiger partial charge in [0, 0.05) is 49.7 Å². The molecule has 118 valence electrons. The third-order valence-electron chi connectivity index (χ3n) is 3.75. The van der Waals surface area contributed by atoms with Gasteiger partial charge in [-0.1, -0.05) is 13.8 Å². The number of benzene rings is 1. The number of aromatic nitrogens is 2. The lowest BCUT2D eigenvalue weighted by atomic mass is 10.2. The van der Waals surface area contributed by atoms with E-state index in [1.54, 1.807) is 0 Å². The van der Waals surface area contributed by atoms with E-state index in [9.17, 15) is 8.78 Å². The van der Waals surface area contributed by atoms with Crippen LogP contribution in [0.25, 0.3) is 0 Å². The van der Waals surface area contributed by atoms with Crippen molar-refractivity contribution >= 4 is 22.4 Å². The maximum Gasteiger partial charge on any atom is 0.205 e. The van der Waals surface area contributed by atoms with E-state index < -0.39 is 11.6 Å². The number of anilines is 2. The first-order chi connectivity index (χ1) is 10.5. The van der Waals surface area contributed by atoms with Gasteiger partial charge in [0.1, 0.15) is 17.5 Å². The van der Waals surface area contributed by atoms with Crippen molar-refractivity contribution in [2.24, 2.45) is 0 Å². The molecule has 1 aromatic heterocycles. The van der Waals surface area contributed by atoms with Crippen LogP contribution in [0.3, 0.4) is 0 Å². The summed E-state index contributed by atoms with van der Waals surface area (Å²) >= 11 is 1.41. The molecule has 0 amide bonds. The zero-order chi connectivity index (χ0) is 15.7. The zero-order valence-electron chi connectivity index (χ0n) is 12.6. The van der Waals surface area contributed by atoms with Crippen molar-refractivity contribution in [2.45, 2.75) is 19.8 Å². The molecule has 1 saturated heterocycles. The lowest BCUT2D eigenvalue weighted by Crippen LogP contribution is -2.46. The Morgan fingerprint density at radius 3 is 2.36 bits per heavy atom. The highest BCUT2D eigenvalue weighted by Crippen LogP contribution is 2.25. The SMILES string of the molecule is CC(C)c1nsc(N2CCN(c3ccc(F)cc3F)CC2)n1. The molecule has 4 nitrogen and oxygen atoms in total. The number of piperazine rings is 1. The maximum absolute atomic E-state index is 13.8. The van der Waals surface area contributed by atoms with Gasteiger partial charge in [0.2, 0.25) is 5.13 Å². The van der Waals surface area contributed by atoms with E-state index in [-0.39, 0.29) is 0 Å². The molecule has 0 N–H and O–H groups in total. The summed E-state index contributed by atoms with van der Waals surface area (Å²) < 4.78 is 31.2. The summed E-state index contributed by atoms with van der Waals surface area (Å²) in [6, 6.07) is 3.73. The molecule has 2 heterocycles. The first kappa shape index (κ1) is 15.1. The molecule has 3 rings (SSSR count). The van der Waals surface area contributed by atoms with Crippen molar-refractivity contribution in [3.63, 3.8) is 0 Å². The normalized spacial score (nSPS) is 15.7. The minimum atomic E-state index is -0.546. The third-order valence-corrected chi connectivity index (χ3v) is 4.54. The standard InChI is InChI=1S/C15H18F2N4S/c1-10(2)14-18-15(22-19-14)21-7-5-20(6-8-21)13-4-3-11(16)9-12(13)17/h3-4,9-10H,5-8H2,1-2H3. The second-order valence-corrected chi connectivity index (χ2v) is 6.39. The average Bonchev–Trinajstić information content (AvgIpc) is 2.98. The van der Waals surface area contributed by atoms with Crippen LogP contribution in [0, 0.1) is 11.6 Å². The Morgan fingerprint density at radius 2 is 1.77 bits per heavy atom. The minimum absolute atomic E-state index is 0.319. The first-order valence-electron chi connectivity index (χ1n) is 7.33. The van der Waals surface area contributed by atoms with Crippen LogP contribution in [0.4, 0.5) is 19.6 Å². The molecule has 1 aliphatic rings. The van der Waals surface area contributed by atoms with Crippen LogP contribution in [-0.2, 0) is 0 Å². The van der Waals surface area contributed by atoms with Gasteiger partial charge in [-0.3, -0.25) is 0 Å². The van der Waals surface area contributed by atoms with Gasteiger partial charge in [-0.05, 0) is 12.1 Å². The Kier molecular flexibility index (Phi) is 4.24. The maximum atomic E-state index is 13.8. The zero-order valence-corrected chi connectivity index (χ0v) is 13.4. The predicted molar refractivity (Wildman–Crippen MR) is 84.8 cm³/mol. The van der Waals surface area contributed by atoms with E-state index in [0.29, 0.717) is 24.7 Å². The number of hydrogen-bond acceptors (Lipinski definition) is 5. The smallest absolute Gasteiger partial charge is 0.205 e. The van der Waals surface area contributed by atoms with Gasteiger partial charge < -0.3 is 9.80 Å². The molecule has 7 heteroatoms. The van der Waals surface area contributed by atoms with Gasteiger partial charge in [0.25, 0.3) is 0 Å². The molecule has 0 saturated carbocycles. The van der Waals surface area contributed by atoms with Crippen LogP contribution in [0.1, 0.15) is 25.6 Å². The van der Waals surface area contributed by atoms with Crippen LogP contribution in [0.15, 0.2) is 18.2 Å². The van der Waals surface area contributed by atoms with Crippen molar-refractivity contribution in [1.29, 1.82) is 0 Å². The molecule has 22 heavy (non-hydrogen) atoms. The molecule has 1 aliphatic heterocycles. The quantitative estimate of drug-likeness (QED) is 0.867. The molecule has 0 radical (unpaired) electrons. The van der Waals surface area contributed by atoms with E-state index in [2.05, 4.69) is 28.1 Å². The molecule has 1 aromatic carbocycles. The number of hydrogen-bond donors (Lipinski definition) is 0. The van der Waals surface area contributed by atoms with Crippen molar-refractivity contribution in [3.8, 4) is 0 Å². The summed E-state index contributed by atoms with van der Waals surface area (Å²) in [6.45, 7) is 7.01. The Labute approximate surface area is 132 Å². The van der Waals surface area contributed by atoms with E-state index in [0.717, 1.165) is 30.1 Å². The summed E-state index contributed by atoms with van der Waals surface area (Å²) in [7, 11) is 0. The Bertz CT molecular complexity index is 651. The van der Waals surface area contributed by atoms with Gasteiger partial charge in [0.15, 0.2) is 0 Å². The van der Waals surface area contributed by atoms with Crippen molar-refractivity contribution in [1.82, 2.24) is 9.36 Å². The number of rotatable bonds is 3. The van der Waals surface area contributed by atoms with Gasteiger partial charge >= 0.3 is 0 Å². The summed E-state index contributed by atoms with van der Waals surface area (Å²) in [5.74, 6) is 0.132. The summed E-state index contributed by atoms with van der Waals surface area (Å²) in [6.07, 6.45) is 0. The van der Waals surface area contributed by atoms with E-state index in [1.807, 2.05) is 4.90 Å². The average molecular weight is 324 g/mol. The van der Waals surface area contributed by atoms with E-state index in [4.69, 9.17) is 0 Å². The summed E-state index contributed by atoms with van der Waals surface area (Å²) in [4.78, 5) is 8.66. The molecule has 0 aliphatic carbocycles. The fraction of sp³-hybridized carbons (Fsp3) is 0.467. The van der Waals surface area contributed by atoms with Gasteiger partial charge in [-0.25, -0.2) is 13.8 Å². The van der Waals surface area contributed by atoms with Gasteiger partial charge in [0.05, 0.1) is 5.69 Å². The van der Waals surface area contributed by atoms with E-state index >= 15 is 0 Å². The Hall–Kier alpha value is -1.76. The molecular weight excluding hydrogens is 306 g/mol. The fourth-order valence-electron chi connectivity index (χ4n) is 2.47. The summed E-state index contributed by atoms with van der Waals surface area (Å²) in [5.41, 5.74) is 0.459. The highest BCUT2D eigenvalue weighted by Gasteiger charge is 2.22. The van der Waals surface area contributed by atoms with Gasteiger partial charge in [-0.2, -0.15) is 4.37 Å². The predicted octanol–water partition coefficient (Wildman–Crippen LogP) is 3.27. The van der Waals surface area contributed by atoms with E-state index in [1.165, 1.54) is 23.7 Å². The molecular formula is C15H18F2N4S. The van der Waals surface area contributed by atoms with Crippen molar-refractivity contribution in [3.05, 3.63) is 35.7 Å². The van der Waals surface area contributed by atoms with Crippen molar-refractivity contribution in [2.75, 3.05) is 36.0 Å². The van der Waals surface area contributed by atoms with Gasteiger partial charge in [-0.15, -0.1) is 0 Å². The third kappa shape index (κ3) is 3.04. The highest BCUT2D eigenvalue weighted by atomic mass is 32.1. The molecule has 0 bridgehead atoms. The van der Waals surface area contributed by atoms with Crippen LogP contribution in [-0.4, -0.2) is 35.5 Å². The van der Waals surface area contributed by atoms with Crippen LogP contribution >= 0.6 is 11.5 Å². The lowest BCUT2D eigenvalue weighted by Gasteiger charge is -2.35. The highest BCUT2D eigenvalue weighted by molar-refractivity contribution is 7.09. The Morgan fingerprint density at radius 1 is 1.09 bits per heavy atom. The fourth-order valence-corrected chi connectivity index (χ4v) is 3.32. The second-order valence-electron chi connectivity index (χ2n) is 5.66.